The van der Waals surface area contributed by atoms with Gasteiger partial charge in [0.1, 0.15) is 23.3 Å². The first kappa shape index (κ1) is 32.8. The van der Waals surface area contributed by atoms with Crippen molar-refractivity contribution in [3.05, 3.63) is 160 Å². The molecule has 0 amide bonds. The largest absolute Gasteiger partial charge is 0.497 e. The van der Waals surface area contributed by atoms with Crippen molar-refractivity contribution < 1.29 is 14.2 Å². The summed E-state index contributed by atoms with van der Waals surface area (Å²) in [4.78, 5) is 2.49. The van der Waals surface area contributed by atoms with Gasteiger partial charge in [0.15, 0.2) is 5.60 Å². The molecule has 0 radical (unpaired) electrons. The molecule has 2 atom stereocenters. The summed E-state index contributed by atoms with van der Waals surface area (Å²) in [5, 5.41) is 15.7. The van der Waals surface area contributed by atoms with Crippen molar-refractivity contribution in [1.29, 1.82) is 5.26 Å². The number of piperazine rings is 1. The normalized spacial score (nSPS) is 19.5. The molecule has 1 fully saturated rings. The first-order chi connectivity index (χ1) is 25.9. The molecule has 262 valence electrons. The molecular formula is C47H41N3O3. The Kier molecular flexibility index (Phi) is 7.80. The number of ether oxygens (including phenoxy) is 3. The molecule has 6 aromatic rings. The van der Waals surface area contributed by atoms with E-state index >= 15 is 0 Å². The third-order valence-corrected chi connectivity index (χ3v) is 11.6. The van der Waals surface area contributed by atoms with Gasteiger partial charge in [0.2, 0.25) is 0 Å². The topological polar surface area (TPSA) is 66.8 Å². The predicted octanol–water partition coefficient (Wildman–Crippen LogP) is 9.54. The van der Waals surface area contributed by atoms with Crippen LogP contribution in [0.3, 0.4) is 0 Å². The first-order valence-corrected chi connectivity index (χ1v) is 18.3. The summed E-state index contributed by atoms with van der Waals surface area (Å²) >= 11 is 0. The van der Waals surface area contributed by atoms with E-state index in [1.807, 2.05) is 30.3 Å². The maximum Gasteiger partial charge on any atom is 0.178 e. The third kappa shape index (κ3) is 5.03. The van der Waals surface area contributed by atoms with Gasteiger partial charge < -0.3 is 24.4 Å². The predicted molar refractivity (Wildman–Crippen MR) is 212 cm³/mol. The quantitative estimate of drug-likeness (QED) is 0.187. The number of rotatable bonds is 6. The number of hydrogen-bond donors (Lipinski definition) is 1. The molecule has 6 nitrogen and oxygen atoms in total. The van der Waals surface area contributed by atoms with E-state index in [0.29, 0.717) is 11.3 Å². The van der Waals surface area contributed by atoms with Crippen molar-refractivity contribution in [3.8, 4) is 34.4 Å². The molecule has 53 heavy (non-hydrogen) atoms. The summed E-state index contributed by atoms with van der Waals surface area (Å²) in [5.74, 6) is 2.18. The number of benzene rings is 6. The Morgan fingerprint density at radius 1 is 0.830 bits per heavy atom. The number of nitrogens with zero attached hydrogens (tertiary/aromatic N) is 2. The van der Waals surface area contributed by atoms with Crippen LogP contribution >= 0.6 is 0 Å². The van der Waals surface area contributed by atoms with Gasteiger partial charge in [-0.15, -0.1) is 0 Å². The molecule has 2 heterocycles. The average molecular weight is 696 g/mol. The number of methoxy groups -OCH3 is 2. The highest BCUT2D eigenvalue weighted by Crippen LogP contribution is 2.58. The van der Waals surface area contributed by atoms with Crippen molar-refractivity contribution in [2.75, 3.05) is 38.8 Å². The van der Waals surface area contributed by atoms with Crippen molar-refractivity contribution >= 4 is 22.5 Å². The van der Waals surface area contributed by atoms with Crippen LogP contribution in [0.15, 0.2) is 121 Å². The molecule has 2 unspecified atom stereocenters. The van der Waals surface area contributed by atoms with Crippen LogP contribution in [0, 0.1) is 11.3 Å². The Morgan fingerprint density at radius 2 is 1.57 bits per heavy atom. The van der Waals surface area contributed by atoms with E-state index in [-0.39, 0.29) is 11.5 Å². The SMILES string of the molecule is COc1ccc(C2CNCCN2c2ccc(C3(c4ccccc4)C=Cc4c5c(c6cc(C#N)c(OC)cc6c4O3)-c3ccccc3C5(C)C)cc2)cc1. The minimum absolute atomic E-state index is 0.190. The van der Waals surface area contributed by atoms with Gasteiger partial charge in [0, 0.05) is 52.8 Å². The molecule has 1 saturated heterocycles. The van der Waals surface area contributed by atoms with Crippen LogP contribution in [0.25, 0.3) is 28.0 Å². The highest BCUT2D eigenvalue weighted by Gasteiger charge is 2.44. The first-order valence-electron chi connectivity index (χ1n) is 18.3. The second-order valence-electron chi connectivity index (χ2n) is 14.6. The van der Waals surface area contributed by atoms with E-state index in [0.717, 1.165) is 69.8 Å². The molecular weight excluding hydrogens is 655 g/mol. The maximum absolute atomic E-state index is 10.2. The molecule has 1 N–H and O–H groups in total. The number of anilines is 1. The Bertz CT molecular complexity index is 2450. The lowest BCUT2D eigenvalue weighted by Crippen LogP contribution is -2.46. The van der Waals surface area contributed by atoms with Crippen LogP contribution in [0.2, 0.25) is 0 Å². The molecule has 2 aliphatic heterocycles. The molecule has 0 spiro atoms. The van der Waals surface area contributed by atoms with Gasteiger partial charge in [-0.05, 0) is 75.7 Å². The number of nitriles is 1. The second-order valence-corrected chi connectivity index (χ2v) is 14.6. The monoisotopic (exact) mass is 695 g/mol. The van der Waals surface area contributed by atoms with E-state index < -0.39 is 5.60 Å². The smallest absolute Gasteiger partial charge is 0.178 e. The second kappa shape index (κ2) is 12.6. The Balaban J connectivity index is 1.21. The van der Waals surface area contributed by atoms with Crippen LogP contribution in [-0.2, 0) is 11.0 Å². The third-order valence-electron chi connectivity index (χ3n) is 11.6. The van der Waals surface area contributed by atoms with Gasteiger partial charge in [-0.2, -0.15) is 5.26 Å². The zero-order valence-corrected chi connectivity index (χ0v) is 30.4. The summed E-state index contributed by atoms with van der Waals surface area (Å²) in [6, 6.07) is 42.9. The lowest BCUT2D eigenvalue weighted by molar-refractivity contribution is 0.163. The minimum atomic E-state index is -0.913. The summed E-state index contributed by atoms with van der Waals surface area (Å²) in [6.07, 6.45) is 4.50. The van der Waals surface area contributed by atoms with Gasteiger partial charge >= 0.3 is 0 Å². The van der Waals surface area contributed by atoms with Crippen molar-refractivity contribution in [2.45, 2.75) is 30.9 Å². The molecule has 0 saturated carbocycles. The van der Waals surface area contributed by atoms with Gasteiger partial charge in [0.25, 0.3) is 0 Å². The molecule has 0 aromatic heterocycles. The average Bonchev–Trinajstić information content (AvgIpc) is 3.47. The van der Waals surface area contributed by atoms with E-state index in [2.05, 4.69) is 127 Å². The zero-order chi connectivity index (χ0) is 36.3. The molecule has 0 bridgehead atoms. The van der Waals surface area contributed by atoms with Crippen LogP contribution in [0.5, 0.6) is 17.2 Å². The Labute approximate surface area is 310 Å². The van der Waals surface area contributed by atoms with E-state index in [1.54, 1.807) is 14.2 Å². The number of hydrogen-bond acceptors (Lipinski definition) is 6. The van der Waals surface area contributed by atoms with Crippen molar-refractivity contribution in [1.82, 2.24) is 5.32 Å². The van der Waals surface area contributed by atoms with Gasteiger partial charge in [-0.1, -0.05) is 98.8 Å². The van der Waals surface area contributed by atoms with Crippen LogP contribution in [-0.4, -0.2) is 33.9 Å². The van der Waals surface area contributed by atoms with Crippen molar-refractivity contribution in [3.63, 3.8) is 0 Å². The van der Waals surface area contributed by atoms with E-state index in [1.165, 1.54) is 22.3 Å². The van der Waals surface area contributed by atoms with E-state index in [4.69, 9.17) is 14.2 Å². The van der Waals surface area contributed by atoms with Gasteiger partial charge in [-0.25, -0.2) is 0 Å². The summed E-state index contributed by atoms with van der Waals surface area (Å²) in [6.45, 7) is 7.25. The Morgan fingerprint density at radius 3 is 2.30 bits per heavy atom. The lowest BCUT2D eigenvalue weighted by Gasteiger charge is -2.40. The standard InChI is InChI=1S/C47H41N3O3/c1-46(2)40-13-9-8-12-36(40)43-38-26-31(28-48)42(52-4)27-39(38)45-37(44(43)46)22-23-47(53-45,32-10-6-5-7-11-32)33-16-18-34(19-17-33)50-25-24-49-29-41(50)30-14-20-35(51-3)21-15-30/h5-23,26-27,41,49H,24-25,29H2,1-4H3. The van der Waals surface area contributed by atoms with Crippen LogP contribution in [0.1, 0.15) is 58.8 Å². The fraction of sp³-hybridized carbons (Fsp3) is 0.213. The number of fused-ring (bicyclic) bond motifs is 8. The van der Waals surface area contributed by atoms with Crippen LogP contribution in [0.4, 0.5) is 5.69 Å². The highest BCUT2D eigenvalue weighted by atomic mass is 16.5. The number of nitrogens with one attached hydrogen (secondary N) is 1. The summed E-state index contributed by atoms with van der Waals surface area (Å²) in [5.41, 5.74) is 9.67. The molecule has 1 aliphatic carbocycles. The molecule has 9 rings (SSSR count). The van der Waals surface area contributed by atoms with Gasteiger partial charge in [0.05, 0.1) is 25.8 Å². The zero-order valence-electron chi connectivity index (χ0n) is 30.4. The lowest BCUT2D eigenvalue weighted by atomic mass is 9.76. The Hall–Kier alpha value is -6.03. The van der Waals surface area contributed by atoms with Crippen molar-refractivity contribution in [2.24, 2.45) is 0 Å². The molecule has 3 aliphatic rings. The highest BCUT2D eigenvalue weighted by molar-refractivity contribution is 6.09. The van der Waals surface area contributed by atoms with E-state index in [9.17, 15) is 5.26 Å². The van der Waals surface area contributed by atoms with Gasteiger partial charge in [-0.3, -0.25) is 0 Å². The molecule has 6 aromatic carbocycles. The van der Waals surface area contributed by atoms with Crippen LogP contribution < -0.4 is 24.4 Å². The fourth-order valence-corrected chi connectivity index (χ4v) is 8.93. The fourth-order valence-electron chi connectivity index (χ4n) is 8.93. The maximum atomic E-state index is 10.2. The molecule has 6 heteroatoms. The summed E-state index contributed by atoms with van der Waals surface area (Å²) in [7, 11) is 3.32. The minimum Gasteiger partial charge on any atom is -0.497 e. The summed E-state index contributed by atoms with van der Waals surface area (Å²) < 4.78 is 18.8.